The van der Waals surface area contributed by atoms with Gasteiger partial charge in [0.05, 0.1) is 6.04 Å². The molecule has 3 rings (SSSR count). The van der Waals surface area contributed by atoms with E-state index < -0.39 is 11.8 Å². The number of hydrogen-bond donors (Lipinski definition) is 2. The molecule has 0 fully saturated rings. The Balaban J connectivity index is 1.54. The molecule has 2 amide bonds. The van der Waals surface area contributed by atoms with Crippen molar-refractivity contribution in [3.8, 4) is 0 Å². The lowest BCUT2D eigenvalue weighted by Crippen LogP contribution is -2.40. The molecule has 4 nitrogen and oxygen atoms in total. The Bertz CT molecular complexity index is 802. The third-order valence-corrected chi connectivity index (χ3v) is 4.79. The van der Waals surface area contributed by atoms with Gasteiger partial charge in [0.2, 0.25) is 0 Å². The average Bonchev–Trinajstić information content (AvgIpc) is 2.66. The first-order chi connectivity index (χ1) is 12.5. The van der Waals surface area contributed by atoms with Crippen LogP contribution in [0.25, 0.3) is 0 Å². The zero-order valence-corrected chi connectivity index (χ0v) is 14.8. The third-order valence-electron chi connectivity index (χ3n) is 4.79. The van der Waals surface area contributed by atoms with Crippen LogP contribution in [0.3, 0.4) is 0 Å². The van der Waals surface area contributed by atoms with Crippen molar-refractivity contribution in [1.29, 1.82) is 0 Å². The zero-order valence-electron chi connectivity index (χ0n) is 14.8. The fraction of sp³-hybridized carbons (Fsp3) is 0.333. The maximum atomic E-state index is 12.9. The molecule has 0 heterocycles. The summed E-state index contributed by atoms with van der Waals surface area (Å²) in [7, 11) is 0. The molecule has 1 atom stereocenters. The molecule has 2 aromatic carbocycles. The van der Waals surface area contributed by atoms with Crippen LogP contribution in [0.4, 0.5) is 4.39 Å². The van der Waals surface area contributed by atoms with Gasteiger partial charge in [-0.05, 0) is 67.0 Å². The minimum atomic E-state index is -0.695. The van der Waals surface area contributed by atoms with Gasteiger partial charge in [-0.25, -0.2) is 4.39 Å². The first-order valence-corrected chi connectivity index (χ1v) is 8.98. The summed E-state index contributed by atoms with van der Waals surface area (Å²) in [4.78, 5) is 24.1. The lowest BCUT2D eigenvalue weighted by atomic mass is 9.89. The number of carbonyl (C=O) groups is 2. The number of nitrogens with one attached hydrogen (secondary N) is 2. The minimum Gasteiger partial charge on any atom is -0.344 e. The van der Waals surface area contributed by atoms with E-state index >= 15 is 0 Å². The van der Waals surface area contributed by atoms with E-state index in [-0.39, 0.29) is 18.4 Å². The molecule has 0 spiro atoms. The van der Waals surface area contributed by atoms with E-state index in [0.717, 1.165) is 24.0 Å². The van der Waals surface area contributed by atoms with Crippen LogP contribution in [-0.2, 0) is 29.0 Å². The maximum absolute atomic E-state index is 12.9. The molecule has 0 saturated heterocycles. The molecule has 0 bridgehead atoms. The Morgan fingerprint density at radius 1 is 1.00 bits per heavy atom. The molecule has 0 saturated carbocycles. The Hall–Kier alpha value is -2.69. The summed E-state index contributed by atoms with van der Waals surface area (Å²) in [6.45, 7) is 2.05. The Kier molecular flexibility index (Phi) is 5.66. The van der Waals surface area contributed by atoms with Gasteiger partial charge in [0.25, 0.3) is 0 Å². The van der Waals surface area contributed by atoms with Gasteiger partial charge in [0.15, 0.2) is 0 Å². The highest BCUT2D eigenvalue weighted by atomic mass is 19.1. The van der Waals surface area contributed by atoms with E-state index in [2.05, 4.69) is 22.8 Å². The van der Waals surface area contributed by atoms with E-state index in [4.69, 9.17) is 0 Å². The summed E-state index contributed by atoms with van der Waals surface area (Å²) in [6.07, 6.45) is 4.61. The second kappa shape index (κ2) is 8.13. The summed E-state index contributed by atoms with van der Waals surface area (Å²) >= 11 is 0. The van der Waals surface area contributed by atoms with Gasteiger partial charge in [-0.3, -0.25) is 9.59 Å². The maximum Gasteiger partial charge on any atom is 0.309 e. The van der Waals surface area contributed by atoms with Gasteiger partial charge in [0, 0.05) is 6.54 Å². The van der Waals surface area contributed by atoms with Gasteiger partial charge >= 0.3 is 11.8 Å². The molecule has 1 unspecified atom stereocenters. The fourth-order valence-electron chi connectivity index (χ4n) is 3.23. The largest absolute Gasteiger partial charge is 0.344 e. The Morgan fingerprint density at radius 3 is 2.42 bits per heavy atom. The van der Waals surface area contributed by atoms with Crippen molar-refractivity contribution in [1.82, 2.24) is 10.6 Å². The molecule has 2 N–H and O–H groups in total. The van der Waals surface area contributed by atoms with Crippen molar-refractivity contribution in [3.05, 3.63) is 70.5 Å². The molecule has 1 aliphatic rings. The fourth-order valence-corrected chi connectivity index (χ4v) is 3.23. The summed E-state index contributed by atoms with van der Waals surface area (Å²) in [5.41, 5.74) is 4.46. The quantitative estimate of drug-likeness (QED) is 0.829. The number of rotatable bonds is 4. The lowest BCUT2D eigenvalue weighted by Gasteiger charge is -2.20. The number of benzene rings is 2. The van der Waals surface area contributed by atoms with Crippen molar-refractivity contribution in [2.24, 2.45) is 0 Å². The number of carbonyl (C=O) groups excluding carboxylic acids is 2. The molecule has 136 valence electrons. The van der Waals surface area contributed by atoms with Crippen molar-refractivity contribution >= 4 is 11.8 Å². The van der Waals surface area contributed by atoms with Crippen molar-refractivity contribution < 1.29 is 14.0 Å². The Labute approximate surface area is 152 Å². The van der Waals surface area contributed by atoms with Crippen LogP contribution in [-0.4, -0.2) is 11.8 Å². The lowest BCUT2D eigenvalue weighted by molar-refractivity contribution is -0.139. The Morgan fingerprint density at radius 2 is 1.69 bits per heavy atom. The zero-order chi connectivity index (χ0) is 18.5. The number of hydrogen-bond acceptors (Lipinski definition) is 2. The summed E-state index contributed by atoms with van der Waals surface area (Å²) < 4.78 is 12.9. The molecule has 0 radical (unpaired) electrons. The normalized spacial score (nSPS) is 14.2. The third kappa shape index (κ3) is 4.48. The standard InChI is InChI=1S/C21H23FN2O2/c1-14(17-9-8-16-4-2-3-5-18(16)12-17)24-21(26)20(25)23-13-15-6-10-19(22)11-7-15/h6-12,14H,2-5,13H2,1H3,(H,23,25)(H,24,26). The predicted molar refractivity (Wildman–Crippen MR) is 97.9 cm³/mol. The number of amides is 2. The highest BCUT2D eigenvalue weighted by Crippen LogP contribution is 2.24. The topological polar surface area (TPSA) is 58.2 Å². The van der Waals surface area contributed by atoms with E-state index in [1.165, 1.54) is 36.1 Å². The molecule has 5 heteroatoms. The van der Waals surface area contributed by atoms with Crippen LogP contribution in [0, 0.1) is 5.82 Å². The van der Waals surface area contributed by atoms with Gasteiger partial charge in [0.1, 0.15) is 5.82 Å². The predicted octanol–water partition coefficient (Wildman–Crippen LogP) is 3.20. The first-order valence-electron chi connectivity index (χ1n) is 8.98. The molecule has 2 aromatic rings. The van der Waals surface area contributed by atoms with Crippen molar-refractivity contribution in [2.45, 2.75) is 45.2 Å². The van der Waals surface area contributed by atoms with E-state index in [0.29, 0.717) is 0 Å². The van der Waals surface area contributed by atoms with Crippen molar-refractivity contribution in [2.75, 3.05) is 0 Å². The van der Waals surface area contributed by atoms with Crippen LogP contribution < -0.4 is 10.6 Å². The van der Waals surface area contributed by atoms with Crippen LogP contribution in [0.1, 0.15) is 48.1 Å². The second-order valence-corrected chi connectivity index (χ2v) is 6.74. The molecule has 0 aliphatic heterocycles. The van der Waals surface area contributed by atoms with Crippen LogP contribution in [0.5, 0.6) is 0 Å². The average molecular weight is 354 g/mol. The van der Waals surface area contributed by atoms with Crippen molar-refractivity contribution in [3.63, 3.8) is 0 Å². The highest BCUT2D eigenvalue weighted by Gasteiger charge is 2.18. The SMILES string of the molecule is CC(NC(=O)C(=O)NCc1ccc(F)cc1)c1ccc2c(c1)CCCC2. The number of aryl methyl sites for hydroxylation is 2. The summed E-state index contributed by atoms with van der Waals surface area (Å²) in [6, 6.07) is 11.8. The summed E-state index contributed by atoms with van der Waals surface area (Å²) in [5, 5.41) is 5.29. The van der Waals surface area contributed by atoms with E-state index in [1.807, 2.05) is 13.0 Å². The van der Waals surface area contributed by atoms with E-state index in [1.54, 1.807) is 12.1 Å². The van der Waals surface area contributed by atoms with Gasteiger partial charge in [-0.1, -0.05) is 30.3 Å². The molecule has 26 heavy (non-hydrogen) atoms. The van der Waals surface area contributed by atoms with Gasteiger partial charge < -0.3 is 10.6 Å². The molecular weight excluding hydrogens is 331 g/mol. The van der Waals surface area contributed by atoms with Gasteiger partial charge in [-0.15, -0.1) is 0 Å². The van der Waals surface area contributed by atoms with E-state index in [9.17, 15) is 14.0 Å². The highest BCUT2D eigenvalue weighted by molar-refractivity contribution is 6.35. The smallest absolute Gasteiger partial charge is 0.309 e. The number of fused-ring (bicyclic) bond motifs is 1. The van der Waals surface area contributed by atoms with Crippen LogP contribution in [0.2, 0.25) is 0 Å². The number of halogens is 1. The molecule has 1 aliphatic carbocycles. The van der Waals surface area contributed by atoms with Crippen LogP contribution in [0.15, 0.2) is 42.5 Å². The minimum absolute atomic E-state index is 0.180. The van der Waals surface area contributed by atoms with Gasteiger partial charge in [-0.2, -0.15) is 0 Å². The summed E-state index contributed by atoms with van der Waals surface area (Å²) in [5.74, 6) is -1.70. The van der Waals surface area contributed by atoms with Crippen LogP contribution >= 0.6 is 0 Å². The first kappa shape index (κ1) is 18.1. The molecule has 0 aromatic heterocycles. The second-order valence-electron chi connectivity index (χ2n) is 6.74. The monoisotopic (exact) mass is 354 g/mol. The molecular formula is C21H23FN2O2.